The van der Waals surface area contributed by atoms with Crippen molar-refractivity contribution in [2.24, 2.45) is 0 Å². The van der Waals surface area contributed by atoms with Gasteiger partial charge in [0.1, 0.15) is 14.6 Å². The first kappa shape index (κ1) is 16.2. The summed E-state index contributed by atoms with van der Waals surface area (Å²) in [7, 11) is -1.53. The van der Waals surface area contributed by atoms with Gasteiger partial charge in [0.2, 0.25) is 0 Å². The topological polar surface area (TPSA) is 37.3 Å². The number of aliphatic hydroxyl groups is 1. The van der Waals surface area contributed by atoms with E-state index in [1.165, 1.54) is 10.4 Å². The van der Waals surface area contributed by atoms with Gasteiger partial charge in [0.05, 0.1) is 12.0 Å². The third-order valence-corrected chi connectivity index (χ3v) is 8.71. The largest absolute Gasteiger partial charge is 0.392 e. The lowest BCUT2D eigenvalue weighted by Crippen LogP contribution is -2.53. The van der Waals surface area contributed by atoms with Crippen LogP contribution in [-0.2, 0) is 4.79 Å². The van der Waals surface area contributed by atoms with Gasteiger partial charge in [-0.3, -0.25) is 4.79 Å². The van der Waals surface area contributed by atoms with E-state index in [0.717, 1.165) is 5.56 Å². The quantitative estimate of drug-likeness (QED) is 0.879. The molecule has 120 valence electrons. The minimum atomic E-state index is -1.53. The number of aliphatic hydroxyl groups excluding tert-OH is 1. The standard InChI is InChI=1S/C20H24O2Si/c1-20(2,3)23(14-9-5-4-6-10-14)18-12-8-7-11-15(18)19-16(21)13-17(19)22/h4-12,16,19,21,23H,13H2,1-3H3. The van der Waals surface area contributed by atoms with E-state index in [2.05, 4.69) is 57.2 Å². The Morgan fingerprint density at radius 3 is 2.17 bits per heavy atom. The third kappa shape index (κ3) is 3.03. The van der Waals surface area contributed by atoms with Crippen molar-refractivity contribution in [1.29, 1.82) is 0 Å². The molecule has 0 saturated heterocycles. The fourth-order valence-corrected chi connectivity index (χ4v) is 7.55. The zero-order valence-electron chi connectivity index (χ0n) is 14.0. The van der Waals surface area contributed by atoms with Gasteiger partial charge in [-0.05, 0) is 10.6 Å². The van der Waals surface area contributed by atoms with E-state index in [9.17, 15) is 9.90 Å². The van der Waals surface area contributed by atoms with Crippen LogP contribution in [0.2, 0.25) is 5.04 Å². The summed E-state index contributed by atoms with van der Waals surface area (Å²) in [5, 5.41) is 12.9. The SMILES string of the molecule is CC(C)(C)[SiH](c1ccccc1)c1ccccc1C1C(=O)CC1O. The van der Waals surface area contributed by atoms with Gasteiger partial charge in [-0.15, -0.1) is 0 Å². The minimum absolute atomic E-state index is 0.148. The molecule has 1 aliphatic carbocycles. The Kier molecular flexibility index (Phi) is 4.26. The van der Waals surface area contributed by atoms with Crippen molar-refractivity contribution in [2.75, 3.05) is 0 Å². The predicted octanol–water partition coefficient (Wildman–Crippen LogP) is 2.25. The molecule has 3 heteroatoms. The number of hydrogen-bond donors (Lipinski definition) is 1. The molecule has 3 atom stereocenters. The highest BCUT2D eigenvalue weighted by molar-refractivity contribution is 6.87. The lowest BCUT2D eigenvalue weighted by molar-refractivity contribution is -0.133. The molecule has 0 radical (unpaired) electrons. The average molecular weight is 324 g/mol. The van der Waals surface area contributed by atoms with Crippen molar-refractivity contribution in [3.05, 3.63) is 60.2 Å². The second-order valence-electron chi connectivity index (χ2n) is 7.55. The Morgan fingerprint density at radius 2 is 1.61 bits per heavy atom. The van der Waals surface area contributed by atoms with Gasteiger partial charge in [0.25, 0.3) is 0 Å². The Hall–Kier alpha value is -1.71. The average Bonchev–Trinajstić information content (AvgIpc) is 2.49. The predicted molar refractivity (Wildman–Crippen MR) is 97.4 cm³/mol. The highest BCUT2D eigenvalue weighted by Gasteiger charge is 2.42. The van der Waals surface area contributed by atoms with E-state index >= 15 is 0 Å². The van der Waals surface area contributed by atoms with Crippen molar-refractivity contribution >= 4 is 25.0 Å². The highest BCUT2D eigenvalue weighted by Crippen LogP contribution is 2.35. The van der Waals surface area contributed by atoms with E-state index in [4.69, 9.17) is 0 Å². The van der Waals surface area contributed by atoms with Gasteiger partial charge in [-0.1, -0.05) is 85.7 Å². The second kappa shape index (κ2) is 6.06. The zero-order valence-corrected chi connectivity index (χ0v) is 15.1. The second-order valence-corrected chi connectivity index (χ2v) is 11.4. The number of carbonyl (C=O) groups is 1. The number of Topliss-reactive ketones (excluding diaryl/α,β-unsaturated/α-hetero) is 1. The molecule has 2 aromatic rings. The molecule has 1 saturated carbocycles. The highest BCUT2D eigenvalue weighted by atomic mass is 28.3. The fourth-order valence-electron chi connectivity index (χ4n) is 3.73. The number of rotatable bonds is 3. The van der Waals surface area contributed by atoms with Crippen molar-refractivity contribution in [2.45, 2.75) is 44.3 Å². The Bertz CT molecular complexity index is 703. The summed E-state index contributed by atoms with van der Waals surface area (Å²) >= 11 is 0. The van der Waals surface area contributed by atoms with Crippen LogP contribution in [-0.4, -0.2) is 25.8 Å². The third-order valence-electron chi connectivity index (χ3n) is 4.78. The number of hydrogen-bond acceptors (Lipinski definition) is 2. The summed E-state index contributed by atoms with van der Waals surface area (Å²) in [6.45, 7) is 6.85. The van der Waals surface area contributed by atoms with Crippen LogP contribution in [0.3, 0.4) is 0 Å². The van der Waals surface area contributed by atoms with E-state index < -0.39 is 14.9 Å². The molecule has 0 heterocycles. The monoisotopic (exact) mass is 324 g/mol. The van der Waals surface area contributed by atoms with E-state index in [-0.39, 0.29) is 16.7 Å². The van der Waals surface area contributed by atoms with Crippen molar-refractivity contribution in [3.63, 3.8) is 0 Å². The minimum Gasteiger partial charge on any atom is -0.392 e. The number of ketones is 1. The van der Waals surface area contributed by atoms with Gasteiger partial charge < -0.3 is 5.11 Å². The molecule has 3 rings (SSSR count). The van der Waals surface area contributed by atoms with Crippen LogP contribution < -0.4 is 10.4 Å². The summed E-state index contributed by atoms with van der Waals surface area (Å²) in [4.78, 5) is 12.1. The van der Waals surface area contributed by atoms with Gasteiger partial charge in [0.15, 0.2) is 0 Å². The smallest absolute Gasteiger partial charge is 0.145 e. The molecule has 1 aliphatic rings. The first-order chi connectivity index (χ1) is 10.9. The molecule has 23 heavy (non-hydrogen) atoms. The molecule has 0 spiro atoms. The van der Waals surface area contributed by atoms with Crippen LogP contribution in [0.25, 0.3) is 0 Å². The molecule has 0 amide bonds. The molecule has 2 nitrogen and oxygen atoms in total. The Labute approximate surface area is 139 Å². The summed E-state index contributed by atoms with van der Waals surface area (Å²) < 4.78 is 0. The van der Waals surface area contributed by atoms with Gasteiger partial charge in [-0.2, -0.15) is 0 Å². The molecule has 0 aliphatic heterocycles. The molecule has 0 aromatic heterocycles. The lowest BCUT2D eigenvalue weighted by Gasteiger charge is -2.37. The van der Waals surface area contributed by atoms with Crippen LogP contribution in [0.15, 0.2) is 54.6 Å². The van der Waals surface area contributed by atoms with Gasteiger partial charge in [0, 0.05) is 6.42 Å². The normalized spacial score (nSPS) is 22.5. The maximum atomic E-state index is 12.1. The fraction of sp³-hybridized carbons (Fsp3) is 0.350. The molecule has 2 aromatic carbocycles. The molecule has 1 fully saturated rings. The summed E-state index contributed by atoms with van der Waals surface area (Å²) in [5.41, 5.74) is 1.05. The Morgan fingerprint density at radius 1 is 1.00 bits per heavy atom. The van der Waals surface area contributed by atoms with Crippen molar-refractivity contribution in [3.8, 4) is 0 Å². The van der Waals surface area contributed by atoms with E-state index in [1.54, 1.807) is 0 Å². The number of carbonyl (C=O) groups excluding carboxylic acids is 1. The van der Waals surface area contributed by atoms with Crippen molar-refractivity contribution < 1.29 is 9.90 Å². The van der Waals surface area contributed by atoms with Crippen LogP contribution in [0.4, 0.5) is 0 Å². The molecular weight excluding hydrogens is 300 g/mol. The molecule has 3 unspecified atom stereocenters. The summed E-state index contributed by atoms with van der Waals surface area (Å²) in [6, 6.07) is 18.9. The lowest BCUT2D eigenvalue weighted by atomic mass is 9.76. The maximum Gasteiger partial charge on any atom is 0.145 e. The maximum absolute atomic E-state index is 12.1. The van der Waals surface area contributed by atoms with E-state index in [1.807, 2.05) is 18.2 Å². The summed E-state index contributed by atoms with van der Waals surface area (Å²) in [6.07, 6.45) is -0.222. The van der Waals surface area contributed by atoms with Crippen molar-refractivity contribution in [1.82, 2.24) is 0 Å². The molecule has 0 bridgehead atoms. The van der Waals surface area contributed by atoms with Gasteiger partial charge >= 0.3 is 0 Å². The van der Waals surface area contributed by atoms with Crippen LogP contribution >= 0.6 is 0 Å². The number of benzene rings is 2. The van der Waals surface area contributed by atoms with Gasteiger partial charge in [-0.25, -0.2) is 0 Å². The first-order valence-corrected chi connectivity index (χ1v) is 9.97. The zero-order chi connectivity index (χ0) is 16.6. The molecular formula is C20H24O2Si. The van der Waals surface area contributed by atoms with Crippen LogP contribution in [0, 0.1) is 0 Å². The van der Waals surface area contributed by atoms with E-state index in [0.29, 0.717) is 6.42 Å². The first-order valence-electron chi connectivity index (χ1n) is 8.24. The van der Waals surface area contributed by atoms with Crippen LogP contribution in [0.1, 0.15) is 38.7 Å². The Balaban J connectivity index is 2.13. The molecule has 1 N–H and O–H groups in total. The summed E-state index contributed by atoms with van der Waals surface area (Å²) in [5.74, 6) is -0.160. The van der Waals surface area contributed by atoms with Crippen LogP contribution in [0.5, 0.6) is 0 Å².